The van der Waals surface area contributed by atoms with E-state index in [-0.39, 0.29) is 5.91 Å². The summed E-state index contributed by atoms with van der Waals surface area (Å²) in [4.78, 5) is 16.9. The Bertz CT molecular complexity index is 878. The van der Waals surface area contributed by atoms with Crippen molar-refractivity contribution in [3.05, 3.63) is 64.3 Å². The lowest BCUT2D eigenvalue weighted by molar-refractivity contribution is 0.102. The van der Waals surface area contributed by atoms with Crippen molar-refractivity contribution in [2.75, 3.05) is 10.7 Å². The minimum Gasteiger partial charge on any atom is -0.323 e. The zero-order valence-corrected chi connectivity index (χ0v) is 13.3. The van der Waals surface area contributed by atoms with Crippen LogP contribution in [0.3, 0.4) is 0 Å². The van der Waals surface area contributed by atoms with Crippen LogP contribution < -0.4 is 16.6 Å². The molecule has 0 atom stereocenters. The highest BCUT2D eigenvalue weighted by atomic mass is 35.5. The predicted octanol–water partition coefficient (Wildman–Crippen LogP) is 4.08. The number of hydrazine groups is 1. The molecule has 7 heteroatoms. The Kier molecular flexibility index (Phi) is 4.34. The van der Waals surface area contributed by atoms with E-state index < -0.39 is 0 Å². The third kappa shape index (κ3) is 2.94. The Morgan fingerprint density at radius 1 is 1.04 bits per heavy atom. The number of fused-ring (bicyclic) bond motifs is 1. The van der Waals surface area contributed by atoms with Crippen LogP contribution in [0.4, 0.5) is 11.4 Å². The number of rotatable bonds is 3. The monoisotopic (exact) mass is 346 g/mol. The summed E-state index contributed by atoms with van der Waals surface area (Å²) in [5.74, 6) is 5.14. The number of halogens is 2. The van der Waals surface area contributed by atoms with E-state index in [2.05, 4.69) is 15.7 Å². The summed E-state index contributed by atoms with van der Waals surface area (Å²) in [6.45, 7) is 0. The topological polar surface area (TPSA) is 80.0 Å². The van der Waals surface area contributed by atoms with Gasteiger partial charge in [0.1, 0.15) is 0 Å². The fraction of sp³-hybridized carbons (Fsp3) is 0. The van der Waals surface area contributed by atoms with Crippen LogP contribution >= 0.6 is 23.2 Å². The van der Waals surface area contributed by atoms with Crippen LogP contribution in [0.5, 0.6) is 0 Å². The number of carbonyl (C=O) groups excluding carboxylic acids is 1. The smallest absolute Gasteiger partial charge is 0.257 e. The summed E-state index contributed by atoms with van der Waals surface area (Å²) < 4.78 is 0. The maximum absolute atomic E-state index is 12.6. The molecule has 0 saturated carbocycles. The van der Waals surface area contributed by atoms with Crippen LogP contribution in [0, 0.1) is 0 Å². The van der Waals surface area contributed by atoms with Crippen molar-refractivity contribution in [1.82, 2.24) is 4.98 Å². The van der Waals surface area contributed by atoms with Crippen molar-refractivity contribution >= 4 is 51.4 Å². The molecule has 1 heterocycles. The Labute approximate surface area is 142 Å². The maximum Gasteiger partial charge on any atom is 0.257 e. The van der Waals surface area contributed by atoms with E-state index in [0.717, 1.165) is 5.39 Å². The van der Waals surface area contributed by atoms with Gasteiger partial charge >= 0.3 is 0 Å². The number of para-hydroxylation sites is 2. The number of nitrogens with zero attached hydrogens (tertiary/aromatic N) is 1. The first-order valence-electron chi connectivity index (χ1n) is 6.71. The van der Waals surface area contributed by atoms with E-state index in [1.165, 1.54) is 0 Å². The minimum atomic E-state index is -0.354. The number of nitrogens with two attached hydrogens (primary N) is 1. The largest absolute Gasteiger partial charge is 0.323 e. The Hall–Kier alpha value is -2.34. The van der Waals surface area contributed by atoms with E-state index in [0.29, 0.717) is 32.5 Å². The normalized spacial score (nSPS) is 10.6. The van der Waals surface area contributed by atoms with Crippen LogP contribution in [-0.2, 0) is 0 Å². The lowest BCUT2D eigenvalue weighted by atomic mass is 10.1. The second-order valence-electron chi connectivity index (χ2n) is 4.76. The van der Waals surface area contributed by atoms with Gasteiger partial charge < -0.3 is 10.7 Å². The average Bonchev–Trinajstić information content (AvgIpc) is 2.57. The molecule has 0 radical (unpaired) electrons. The molecule has 0 saturated heterocycles. The van der Waals surface area contributed by atoms with Gasteiger partial charge in [-0.25, -0.2) is 0 Å². The van der Waals surface area contributed by atoms with Gasteiger partial charge in [-0.2, -0.15) is 0 Å². The van der Waals surface area contributed by atoms with Crippen LogP contribution in [-0.4, -0.2) is 10.9 Å². The van der Waals surface area contributed by atoms with Gasteiger partial charge in [0.2, 0.25) is 0 Å². The van der Waals surface area contributed by atoms with Gasteiger partial charge in [0.05, 0.1) is 32.5 Å². The summed E-state index contributed by atoms with van der Waals surface area (Å²) in [7, 11) is 0. The summed E-state index contributed by atoms with van der Waals surface area (Å²) in [6.07, 6.45) is 1.58. The van der Waals surface area contributed by atoms with E-state index in [9.17, 15) is 4.79 Å². The van der Waals surface area contributed by atoms with Crippen LogP contribution in [0.1, 0.15) is 10.4 Å². The maximum atomic E-state index is 12.6. The van der Waals surface area contributed by atoms with Crippen molar-refractivity contribution in [2.24, 2.45) is 5.84 Å². The molecule has 3 aromatic rings. The fourth-order valence-corrected chi connectivity index (χ4v) is 2.78. The molecular formula is C16H12Cl2N4O. The zero-order valence-electron chi connectivity index (χ0n) is 11.8. The molecule has 0 aliphatic carbocycles. The molecule has 1 aromatic heterocycles. The third-order valence-electron chi connectivity index (χ3n) is 3.37. The number of aromatic nitrogens is 1. The number of carbonyl (C=O) groups is 1. The van der Waals surface area contributed by atoms with Gasteiger partial charge in [0.15, 0.2) is 0 Å². The van der Waals surface area contributed by atoms with E-state index in [1.54, 1.807) is 42.6 Å². The number of pyridine rings is 1. The number of nitrogens with one attached hydrogen (secondary N) is 2. The third-order valence-corrected chi connectivity index (χ3v) is 4.00. The van der Waals surface area contributed by atoms with Gasteiger partial charge in [-0.3, -0.25) is 15.6 Å². The van der Waals surface area contributed by atoms with Gasteiger partial charge in [0, 0.05) is 11.6 Å². The summed E-state index contributed by atoms with van der Waals surface area (Å²) in [6, 6.07) is 12.0. The number of amides is 1. The summed E-state index contributed by atoms with van der Waals surface area (Å²) >= 11 is 12.2. The van der Waals surface area contributed by atoms with Crippen LogP contribution in [0.15, 0.2) is 48.7 Å². The first kappa shape index (κ1) is 15.6. The SMILES string of the molecule is NNc1ccnc2c(C(=O)Nc3c(Cl)cccc3Cl)cccc12. The van der Waals surface area contributed by atoms with Crippen molar-refractivity contribution < 1.29 is 4.79 Å². The molecule has 116 valence electrons. The molecule has 3 rings (SSSR count). The fourth-order valence-electron chi connectivity index (χ4n) is 2.28. The molecule has 2 aromatic carbocycles. The second kappa shape index (κ2) is 6.42. The number of hydrogen-bond acceptors (Lipinski definition) is 4. The standard InChI is InChI=1S/C16H12Cl2N4O/c17-11-5-2-6-12(18)15(11)21-16(23)10-4-1-3-9-13(22-19)7-8-20-14(9)10/h1-8H,19H2,(H,20,22)(H,21,23). The molecule has 0 aliphatic heterocycles. The molecular weight excluding hydrogens is 335 g/mol. The summed E-state index contributed by atoms with van der Waals surface area (Å²) in [5.41, 5.74) is 4.57. The Morgan fingerprint density at radius 2 is 1.74 bits per heavy atom. The molecule has 0 unspecified atom stereocenters. The highest BCUT2D eigenvalue weighted by Gasteiger charge is 2.15. The highest BCUT2D eigenvalue weighted by molar-refractivity contribution is 6.40. The van der Waals surface area contributed by atoms with E-state index >= 15 is 0 Å². The van der Waals surface area contributed by atoms with Crippen molar-refractivity contribution in [2.45, 2.75) is 0 Å². The quantitative estimate of drug-likeness (QED) is 0.493. The molecule has 23 heavy (non-hydrogen) atoms. The molecule has 0 bridgehead atoms. The van der Waals surface area contributed by atoms with Crippen molar-refractivity contribution in [3.8, 4) is 0 Å². The lowest BCUT2D eigenvalue weighted by Gasteiger charge is -2.11. The lowest BCUT2D eigenvalue weighted by Crippen LogP contribution is -2.14. The minimum absolute atomic E-state index is 0.354. The Balaban J connectivity index is 2.05. The average molecular weight is 347 g/mol. The predicted molar refractivity (Wildman–Crippen MR) is 94.0 cm³/mol. The highest BCUT2D eigenvalue weighted by Crippen LogP contribution is 2.31. The Morgan fingerprint density at radius 3 is 2.43 bits per heavy atom. The number of anilines is 2. The second-order valence-corrected chi connectivity index (χ2v) is 5.57. The van der Waals surface area contributed by atoms with Gasteiger partial charge in [-0.15, -0.1) is 0 Å². The number of hydrogen-bond donors (Lipinski definition) is 3. The zero-order chi connectivity index (χ0) is 16.4. The number of nitrogen functional groups attached to an aromatic ring is 1. The molecule has 1 amide bonds. The molecule has 0 fully saturated rings. The summed E-state index contributed by atoms with van der Waals surface area (Å²) in [5, 5.41) is 4.20. The molecule has 0 spiro atoms. The molecule has 5 nitrogen and oxygen atoms in total. The molecule has 4 N–H and O–H groups in total. The van der Waals surface area contributed by atoms with Crippen LogP contribution in [0.2, 0.25) is 10.0 Å². The van der Waals surface area contributed by atoms with Gasteiger partial charge in [-0.05, 0) is 24.3 Å². The van der Waals surface area contributed by atoms with E-state index in [4.69, 9.17) is 29.0 Å². The van der Waals surface area contributed by atoms with E-state index in [1.807, 2.05) is 6.07 Å². The molecule has 0 aliphatic rings. The van der Waals surface area contributed by atoms with Gasteiger partial charge in [0.25, 0.3) is 5.91 Å². The van der Waals surface area contributed by atoms with Crippen molar-refractivity contribution in [3.63, 3.8) is 0 Å². The number of benzene rings is 2. The van der Waals surface area contributed by atoms with Crippen LogP contribution in [0.25, 0.3) is 10.9 Å². The van der Waals surface area contributed by atoms with Gasteiger partial charge in [-0.1, -0.05) is 41.4 Å². The first-order chi connectivity index (χ1) is 11.1. The van der Waals surface area contributed by atoms with Crippen molar-refractivity contribution in [1.29, 1.82) is 0 Å². The first-order valence-corrected chi connectivity index (χ1v) is 7.47.